The highest BCUT2D eigenvalue weighted by Gasteiger charge is 2.11. The number of carbonyl (C=O) groups is 1. The molecule has 0 aliphatic rings. The van der Waals surface area contributed by atoms with Crippen molar-refractivity contribution >= 4 is 6.29 Å². The molecule has 1 heteroatoms. The van der Waals surface area contributed by atoms with E-state index in [4.69, 9.17) is 0 Å². The standard InChI is InChI=1S/C13H16O/c1-11(2)13(9-6-10-14)12-7-4-3-5-8-12/h3-11,13H,1-2H3/b9-6+. The Morgan fingerprint density at radius 2 is 1.79 bits per heavy atom. The molecule has 0 radical (unpaired) electrons. The zero-order valence-corrected chi connectivity index (χ0v) is 8.68. The highest BCUT2D eigenvalue weighted by molar-refractivity contribution is 5.65. The predicted octanol–water partition coefficient (Wildman–Crippen LogP) is 3.18. The molecule has 1 unspecified atom stereocenters. The summed E-state index contributed by atoms with van der Waals surface area (Å²) < 4.78 is 0. The fourth-order valence-electron chi connectivity index (χ4n) is 1.56. The lowest BCUT2D eigenvalue weighted by Crippen LogP contribution is -2.03. The van der Waals surface area contributed by atoms with Crippen molar-refractivity contribution in [3.63, 3.8) is 0 Å². The second-order valence-corrected chi connectivity index (χ2v) is 3.70. The molecule has 14 heavy (non-hydrogen) atoms. The first kappa shape index (κ1) is 10.7. The molecule has 0 bridgehead atoms. The molecule has 1 nitrogen and oxygen atoms in total. The van der Waals surface area contributed by atoms with Gasteiger partial charge >= 0.3 is 0 Å². The number of rotatable bonds is 4. The number of aldehydes is 1. The van der Waals surface area contributed by atoms with Crippen LogP contribution in [0, 0.1) is 5.92 Å². The third-order valence-electron chi connectivity index (χ3n) is 2.30. The van der Waals surface area contributed by atoms with Crippen molar-refractivity contribution < 1.29 is 4.79 Å². The van der Waals surface area contributed by atoms with E-state index in [1.54, 1.807) is 6.08 Å². The third kappa shape index (κ3) is 2.84. The van der Waals surface area contributed by atoms with Gasteiger partial charge in [0.2, 0.25) is 0 Å². The number of hydrogen-bond donors (Lipinski definition) is 0. The summed E-state index contributed by atoms with van der Waals surface area (Å²) in [6.45, 7) is 4.32. The molecule has 0 heterocycles. The van der Waals surface area contributed by atoms with Crippen LogP contribution in [0.2, 0.25) is 0 Å². The van der Waals surface area contributed by atoms with Crippen molar-refractivity contribution in [1.29, 1.82) is 0 Å². The Balaban J connectivity index is 2.89. The molecular formula is C13H16O. The van der Waals surface area contributed by atoms with Crippen LogP contribution in [0.3, 0.4) is 0 Å². The van der Waals surface area contributed by atoms with Crippen LogP contribution in [0.25, 0.3) is 0 Å². The van der Waals surface area contributed by atoms with Gasteiger partial charge in [-0.1, -0.05) is 50.3 Å². The molecule has 0 amide bonds. The van der Waals surface area contributed by atoms with Crippen LogP contribution in [0.5, 0.6) is 0 Å². The Bertz CT molecular complexity index is 298. The molecule has 1 atom stereocenters. The van der Waals surface area contributed by atoms with Gasteiger partial charge in [-0.15, -0.1) is 0 Å². The van der Waals surface area contributed by atoms with Crippen molar-refractivity contribution in [1.82, 2.24) is 0 Å². The van der Waals surface area contributed by atoms with Crippen molar-refractivity contribution in [3.05, 3.63) is 48.0 Å². The normalized spacial score (nSPS) is 13.4. The van der Waals surface area contributed by atoms with Crippen LogP contribution in [0.4, 0.5) is 0 Å². The van der Waals surface area contributed by atoms with Gasteiger partial charge in [-0.3, -0.25) is 4.79 Å². The van der Waals surface area contributed by atoms with E-state index >= 15 is 0 Å². The summed E-state index contributed by atoms with van der Waals surface area (Å²) in [4.78, 5) is 10.3. The highest BCUT2D eigenvalue weighted by Crippen LogP contribution is 2.25. The summed E-state index contributed by atoms with van der Waals surface area (Å²) in [7, 11) is 0. The molecule has 1 aromatic carbocycles. The van der Waals surface area contributed by atoms with Gasteiger partial charge in [-0.25, -0.2) is 0 Å². The van der Waals surface area contributed by atoms with Gasteiger partial charge < -0.3 is 0 Å². The Morgan fingerprint density at radius 1 is 1.14 bits per heavy atom. The third-order valence-corrected chi connectivity index (χ3v) is 2.30. The molecule has 1 rings (SSSR count). The Labute approximate surface area is 85.5 Å². The number of hydrogen-bond acceptors (Lipinski definition) is 1. The van der Waals surface area contributed by atoms with E-state index in [2.05, 4.69) is 26.0 Å². The van der Waals surface area contributed by atoms with Gasteiger partial charge in [0.15, 0.2) is 0 Å². The summed E-state index contributed by atoms with van der Waals surface area (Å²) in [5, 5.41) is 0. The summed E-state index contributed by atoms with van der Waals surface area (Å²) >= 11 is 0. The Kier molecular flexibility index (Phi) is 4.11. The van der Waals surface area contributed by atoms with Crippen molar-refractivity contribution in [2.24, 2.45) is 5.92 Å². The average Bonchev–Trinajstić information content (AvgIpc) is 2.19. The van der Waals surface area contributed by atoms with Gasteiger partial charge in [0.25, 0.3) is 0 Å². The fourth-order valence-corrected chi connectivity index (χ4v) is 1.56. The molecule has 74 valence electrons. The van der Waals surface area contributed by atoms with Gasteiger partial charge in [0.1, 0.15) is 6.29 Å². The molecule has 1 aromatic rings. The van der Waals surface area contributed by atoms with E-state index in [0.717, 1.165) is 6.29 Å². The molecule has 0 saturated heterocycles. The summed E-state index contributed by atoms with van der Waals surface area (Å²) in [6, 6.07) is 10.3. The first-order chi connectivity index (χ1) is 6.75. The van der Waals surface area contributed by atoms with Crippen LogP contribution in [-0.4, -0.2) is 6.29 Å². The molecule has 0 fully saturated rings. The maximum atomic E-state index is 10.3. The summed E-state index contributed by atoms with van der Waals surface area (Å²) in [5.74, 6) is 0.843. The second-order valence-electron chi connectivity index (χ2n) is 3.70. The van der Waals surface area contributed by atoms with Crippen molar-refractivity contribution in [2.75, 3.05) is 0 Å². The number of allylic oxidation sites excluding steroid dienone is 2. The Hall–Kier alpha value is -1.37. The van der Waals surface area contributed by atoms with Crippen molar-refractivity contribution in [2.45, 2.75) is 19.8 Å². The molecular weight excluding hydrogens is 172 g/mol. The summed E-state index contributed by atoms with van der Waals surface area (Å²) in [6.07, 6.45) is 4.38. The van der Waals surface area contributed by atoms with E-state index in [9.17, 15) is 4.79 Å². The molecule has 0 saturated carbocycles. The zero-order valence-electron chi connectivity index (χ0n) is 8.68. The molecule has 0 spiro atoms. The monoisotopic (exact) mass is 188 g/mol. The topological polar surface area (TPSA) is 17.1 Å². The first-order valence-electron chi connectivity index (χ1n) is 4.92. The van der Waals surface area contributed by atoms with Gasteiger partial charge in [-0.2, -0.15) is 0 Å². The van der Waals surface area contributed by atoms with Gasteiger partial charge in [-0.05, 0) is 17.6 Å². The van der Waals surface area contributed by atoms with Gasteiger partial charge in [0, 0.05) is 5.92 Å². The van der Waals surface area contributed by atoms with E-state index in [1.165, 1.54) is 5.56 Å². The lowest BCUT2D eigenvalue weighted by atomic mass is 9.88. The zero-order chi connectivity index (χ0) is 10.4. The van der Waals surface area contributed by atoms with Crippen LogP contribution in [-0.2, 0) is 4.79 Å². The fraction of sp³-hybridized carbons (Fsp3) is 0.308. The quantitative estimate of drug-likeness (QED) is 0.524. The lowest BCUT2D eigenvalue weighted by Gasteiger charge is -2.16. The molecule has 0 N–H and O–H groups in total. The minimum Gasteiger partial charge on any atom is -0.299 e. The number of carbonyl (C=O) groups excluding carboxylic acids is 1. The number of benzene rings is 1. The molecule has 0 aliphatic carbocycles. The first-order valence-corrected chi connectivity index (χ1v) is 4.92. The van der Waals surface area contributed by atoms with Crippen LogP contribution in [0.1, 0.15) is 25.3 Å². The molecule has 0 aliphatic heterocycles. The van der Waals surface area contributed by atoms with E-state index in [1.807, 2.05) is 24.3 Å². The average molecular weight is 188 g/mol. The smallest absolute Gasteiger partial charge is 0.142 e. The minimum absolute atomic E-state index is 0.335. The Morgan fingerprint density at radius 3 is 2.29 bits per heavy atom. The highest BCUT2D eigenvalue weighted by atomic mass is 16.1. The SMILES string of the molecule is CC(C)C(/C=C/C=O)c1ccccc1. The lowest BCUT2D eigenvalue weighted by molar-refractivity contribution is -0.104. The van der Waals surface area contributed by atoms with Crippen LogP contribution in [0.15, 0.2) is 42.5 Å². The maximum Gasteiger partial charge on any atom is 0.142 e. The van der Waals surface area contributed by atoms with Crippen LogP contribution >= 0.6 is 0 Å². The van der Waals surface area contributed by atoms with E-state index in [0.29, 0.717) is 11.8 Å². The largest absolute Gasteiger partial charge is 0.299 e. The van der Waals surface area contributed by atoms with Crippen LogP contribution < -0.4 is 0 Å². The minimum atomic E-state index is 0.335. The van der Waals surface area contributed by atoms with Gasteiger partial charge in [0.05, 0.1) is 0 Å². The predicted molar refractivity (Wildman–Crippen MR) is 59.2 cm³/mol. The van der Waals surface area contributed by atoms with E-state index in [-0.39, 0.29) is 0 Å². The van der Waals surface area contributed by atoms with E-state index < -0.39 is 0 Å². The summed E-state index contributed by atoms with van der Waals surface area (Å²) in [5.41, 5.74) is 1.26. The maximum absolute atomic E-state index is 10.3. The van der Waals surface area contributed by atoms with Crippen molar-refractivity contribution in [3.8, 4) is 0 Å². The second kappa shape index (κ2) is 5.38. The molecule has 0 aromatic heterocycles.